The Morgan fingerprint density at radius 2 is 1.60 bits per heavy atom. The second-order valence-corrected chi connectivity index (χ2v) is 6.53. The molecule has 0 aromatic heterocycles. The van der Waals surface area contributed by atoms with E-state index >= 15 is 0 Å². The summed E-state index contributed by atoms with van der Waals surface area (Å²) in [5.74, 6) is 0.294. The van der Waals surface area contributed by atoms with Crippen LogP contribution in [0.5, 0.6) is 0 Å². The van der Waals surface area contributed by atoms with Crippen LogP contribution in [-0.4, -0.2) is 21.9 Å². The highest BCUT2D eigenvalue weighted by molar-refractivity contribution is 5.05. The Kier molecular flexibility index (Phi) is 2.44. The Morgan fingerprint density at radius 3 is 2.00 bits per heavy atom. The number of aliphatic hydroxyl groups is 1. The van der Waals surface area contributed by atoms with Crippen LogP contribution < -0.4 is 0 Å². The zero-order valence-electron chi connectivity index (χ0n) is 10.5. The molecular weight excluding hydrogens is 188 g/mol. The summed E-state index contributed by atoms with van der Waals surface area (Å²) in [4.78, 5) is 0. The summed E-state index contributed by atoms with van der Waals surface area (Å²) in [6, 6.07) is 0. The van der Waals surface area contributed by atoms with E-state index in [-0.39, 0.29) is 11.2 Å². The highest BCUT2D eigenvalue weighted by Crippen LogP contribution is 2.51. The molecule has 0 radical (unpaired) electrons. The van der Waals surface area contributed by atoms with Crippen LogP contribution >= 0.6 is 0 Å². The minimum Gasteiger partial charge on any atom is -0.389 e. The van der Waals surface area contributed by atoms with E-state index in [1.807, 2.05) is 0 Å². The van der Waals surface area contributed by atoms with Crippen molar-refractivity contribution in [3.63, 3.8) is 0 Å². The first-order chi connectivity index (χ1) is 6.75. The average molecular weight is 212 g/mol. The maximum Gasteiger partial charge on any atom is 0.0704 e. The van der Waals surface area contributed by atoms with Crippen molar-refractivity contribution in [1.82, 2.24) is 0 Å². The predicted octanol–water partition coefficient (Wildman–Crippen LogP) is 2.89. The third-order valence-electron chi connectivity index (χ3n) is 4.19. The molecule has 0 amide bonds. The number of hydrogen-bond acceptors (Lipinski definition) is 2. The molecule has 88 valence electrons. The molecule has 2 fully saturated rings. The first kappa shape index (κ1) is 11.4. The van der Waals surface area contributed by atoms with Crippen LogP contribution in [0.4, 0.5) is 0 Å². The van der Waals surface area contributed by atoms with Gasteiger partial charge in [0.25, 0.3) is 0 Å². The van der Waals surface area contributed by atoms with E-state index in [0.717, 1.165) is 19.3 Å². The lowest BCUT2D eigenvalue weighted by Crippen LogP contribution is -2.44. The Hall–Kier alpha value is -0.0800. The van der Waals surface area contributed by atoms with Gasteiger partial charge in [-0.1, -0.05) is 12.8 Å². The molecule has 1 atom stereocenters. The van der Waals surface area contributed by atoms with Gasteiger partial charge in [0.05, 0.1) is 16.8 Å². The largest absolute Gasteiger partial charge is 0.389 e. The Morgan fingerprint density at radius 1 is 1.07 bits per heavy atom. The fraction of sp³-hybridized carbons (Fsp3) is 1.00. The van der Waals surface area contributed by atoms with Crippen LogP contribution in [0.2, 0.25) is 0 Å². The minimum absolute atomic E-state index is 0.0769. The van der Waals surface area contributed by atoms with E-state index in [0.29, 0.717) is 5.92 Å². The molecule has 1 saturated carbocycles. The SMILES string of the molecule is CC1(C)CC(C2(O)CCCC2)C(C)(C)O1. The fourth-order valence-electron chi connectivity index (χ4n) is 3.73. The topological polar surface area (TPSA) is 29.5 Å². The lowest BCUT2D eigenvalue weighted by atomic mass is 9.74. The van der Waals surface area contributed by atoms with Crippen LogP contribution in [0, 0.1) is 5.92 Å². The number of hydrogen-bond donors (Lipinski definition) is 1. The minimum atomic E-state index is -0.461. The fourth-order valence-corrected chi connectivity index (χ4v) is 3.73. The highest BCUT2D eigenvalue weighted by Gasteiger charge is 2.55. The van der Waals surface area contributed by atoms with E-state index < -0.39 is 5.60 Å². The lowest BCUT2D eigenvalue weighted by Gasteiger charge is -2.37. The maximum atomic E-state index is 10.7. The van der Waals surface area contributed by atoms with Crippen molar-refractivity contribution in [2.45, 2.75) is 76.6 Å². The van der Waals surface area contributed by atoms with E-state index in [4.69, 9.17) is 4.74 Å². The molecule has 1 aliphatic carbocycles. The predicted molar refractivity (Wildman–Crippen MR) is 60.8 cm³/mol. The van der Waals surface area contributed by atoms with Gasteiger partial charge in [0.15, 0.2) is 0 Å². The molecule has 2 nitrogen and oxygen atoms in total. The van der Waals surface area contributed by atoms with Gasteiger partial charge in [0, 0.05) is 5.92 Å². The van der Waals surface area contributed by atoms with Crippen molar-refractivity contribution in [2.24, 2.45) is 5.92 Å². The van der Waals surface area contributed by atoms with Crippen LogP contribution in [0.1, 0.15) is 59.8 Å². The Bertz CT molecular complexity index is 249. The Balaban J connectivity index is 2.22. The first-order valence-electron chi connectivity index (χ1n) is 6.18. The summed E-state index contributed by atoms with van der Waals surface area (Å²) in [6.45, 7) is 8.52. The molecule has 0 aromatic rings. The summed E-state index contributed by atoms with van der Waals surface area (Å²) in [5, 5.41) is 10.7. The van der Waals surface area contributed by atoms with Gasteiger partial charge in [-0.25, -0.2) is 0 Å². The zero-order valence-corrected chi connectivity index (χ0v) is 10.5. The molecule has 2 aliphatic rings. The van der Waals surface area contributed by atoms with E-state index in [1.54, 1.807) is 0 Å². The van der Waals surface area contributed by atoms with Crippen LogP contribution in [0.15, 0.2) is 0 Å². The second kappa shape index (κ2) is 3.21. The number of rotatable bonds is 1. The first-order valence-corrected chi connectivity index (χ1v) is 6.18. The van der Waals surface area contributed by atoms with Gasteiger partial charge >= 0.3 is 0 Å². The van der Waals surface area contributed by atoms with Crippen molar-refractivity contribution >= 4 is 0 Å². The van der Waals surface area contributed by atoms with Crippen LogP contribution in [-0.2, 0) is 4.74 Å². The second-order valence-electron chi connectivity index (χ2n) is 6.53. The molecule has 1 N–H and O–H groups in total. The highest BCUT2D eigenvalue weighted by atomic mass is 16.5. The third-order valence-corrected chi connectivity index (χ3v) is 4.19. The molecule has 2 heteroatoms. The number of ether oxygens (including phenoxy) is 1. The molecule has 1 aliphatic heterocycles. The molecule has 0 spiro atoms. The van der Waals surface area contributed by atoms with Crippen molar-refractivity contribution < 1.29 is 9.84 Å². The molecular formula is C13H24O2. The Labute approximate surface area is 93.0 Å². The summed E-state index contributed by atoms with van der Waals surface area (Å²) >= 11 is 0. The molecule has 1 heterocycles. The van der Waals surface area contributed by atoms with E-state index in [9.17, 15) is 5.11 Å². The van der Waals surface area contributed by atoms with E-state index in [1.165, 1.54) is 12.8 Å². The van der Waals surface area contributed by atoms with Gasteiger partial charge < -0.3 is 9.84 Å². The maximum absolute atomic E-state index is 10.7. The van der Waals surface area contributed by atoms with Gasteiger partial charge in [-0.3, -0.25) is 0 Å². The van der Waals surface area contributed by atoms with Gasteiger partial charge in [0.2, 0.25) is 0 Å². The molecule has 1 unspecified atom stereocenters. The van der Waals surface area contributed by atoms with Crippen LogP contribution in [0.3, 0.4) is 0 Å². The molecule has 0 aromatic carbocycles. The monoisotopic (exact) mass is 212 g/mol. The lowest BCUT2D eigenvalue weighted by molar-refractivity contribution is -0.111. The molecule has 2 rings (SSSR count). The van der Waals surface area contributed by atoms with Gasteiger partial charge in [-0.05, 0) is 47.0 Å². The summed E-state index contributed by atoms with van der Waals surface area (Å²) in [5.41, 5.74) is -0.716. The normalized spacial score (nSPS) is 37.0. The van der Waals surface area contributed by atoms with Crippen molar-refractivity contribution in [1.29, 1.82) is 0 Å². The zero-order chi connectivity index (χ0) is 11.3. The smallest absolute Gasteiger partial charge is 0.0704 e. The van der Waals surface area contributed by atoms with Crippen LogP contribution in [0.25, 0.3) is 0 Å². The standard InChI is InChI=1S/C13H24O2/c1-11(2)9-10(12(3,4)15-11)13(14)7-5-6-8-13/h10,14H,5-9H2,1-4H3. The molecule has 1 saturated heterocycles. The molecule has 0 bridgehead atoms. The third kappa shape index (κ3) is 1.94. The van der Waals surface area contributed by atoms with Gasteiger partial charge in [-0.2, -0.15) is 0 Å². The quantitative estimate of drug-likeness (QED) is 0.724. The summed E-state index contributed by atoms with van der Waals surface area (Å²) < 4.78 is 6.07. The van der Waals surface area contributed by atoms with Crippen molar-refractivity contribution in [3.8, 4) is 0 Å². The summed E-state index contributed by atoms with van der Waals surface area (Å²) in [7, 11) is 0. The van der Waals surface area contributed by atoms with Gasteiger partial charge in [-0.15, -0.1) is 0 Å². The summed E-state index contributed by atoms with van der Waals surface area (Å²) in [6.07, 6.45) is 5.24. The van der Waals surface area contributed by atoms with Crippen molar-refractivity contribution in [2.75, 3.05) is 0 Å². The average Bonchev–Trinajstić information content (AvgIpc) is 2.54. The molecule has 15 heavy (non-hydrogen) atoms. The van der Waals surface area contributed by atoms with E-state index in [2.05, 4.69) is 27.7 Å². The van der Waals surface area contributed by atoms with Gasteiger partial charge in [0.1, 0.15) is 0 Å². The van der Waals surface area contributed by atoms with Crippen molar-refractivity contribution in [3.05, 3.63) is 0 Å².